The molecular formula is C14H19ClN2O4S. The van der Waals surface area contributed by atoms with E-state index < -0.39 is 21.5 Å². The Morgan fingerprint density at radius 1 is 1.09 bits per heavy atom. The van der Waals surface area contributed by atoms with Crippen molar-refractivity contribution in [1.82, 2.24) is 10.6 Å². The maximum absolute atomic E-state index is 12.0. The Bertz CT molecular complexity index is 627. The summed E-state index contributed by atoms with van der Waals surface area (Å²) in [5, 5.41) is 5.50. The smallest absolute Gasteiger partial charge is 0.235 e. The van der Waals surface area contributed by atoms with Gasteiger partial charge in [-0.3, -0.25) is 9.59 Å². The number of halogens is 1. The number of carbonyl (C=O) groups is 2. The van der Waals surface area contributed by atoms with Gasteiger partial charge in [0, 0.05) is 24.0 Å². The highest BCUT2D eigenvalue weighted by Gasteiger charge is 2.19. The second-order valence-corrected chi connectivity index (χ2v) is 7.43. The Balaban J connectivity index is 2.44. The number of sulfone groups is 1. The number of nitrogens with one attached hydrogen (secondary N) is 2. The molecule has 2 N–H and O–H groups in total. The highest BCUT2D eigenvalue weighted by atomic mass is 35.5. The summed E-state index contributed by atoms with van der Waals surface area (Å²) in [6, 6.07) is 5.61. The minimum absolute atomic E-state index is 0.0418. The van der Waals surface area contributed by atoms with Gasteiger partial charge in [-0.1, -0.05) is 25.4 Å². The number of carbonyl (C=O) groups excluding carboxylic acids is 2. The van der Waals surface area contributed by atoms with Gasteiger partial charge in [0.25, 0.3) is 0 Å². The molecule has 0 fully saturated rings. The average Bonchev–Trinajstić information content (AvgIpc) is 2.43. The van der Waals surface area contributed by atoms with Crippen LogP contribution in [0.15, 0.2) is 29.2 Å². The van der Waals surface area contributed by atoms with Gasteiger partial charge >= 0.3 is 0 Å². The van der Waals surface area contributed by atoms with Crippen LogP contribution in [0.1, 0.15) is 13.8 Å². The molecule has 0 aliphatic heterocycles. The molecule has 0 saturated heterocycles. The van der Waals surface area contributed by atoms with Crippen LogP contribution >= 0.6 is 11.6 Å². The molecule has 122 valence electrons. The first kappa shape index (κ1) is 18.4. The zero-order valence-electron chi connectivity index (χ0n) is 12.4. The van der Waals surface area contributed by atoms with E-state index in [9.17, 15) is 18.0 Å². The molecule has 6 nitrogen and oxygen atoms in total. The predicted octanol–water partition coefficient (Wildman–Crippen LogP) is 1.00. The summed E-state index contributed by atoms with van der Waals surface area (Å²) in [6.07, 6.45) is 0. The fraction of sp³-hybridized carbons (Fsp3) is 0.429. The van der Waals surface area contributed by atoms with Gasteiger partial charge in [-0.05, 0) is 24.3 Å². The van der Waals surface area contributed by atoms with E-state index in [1.54, 1.807) is 13.8 Å². The zero-order chi connectivity index (χ0) is 16.8. The lowest BCUT2D eigenvalue weighted by atomic mass is 10.2. The number of hydrogen-bond acceptors (Lipinski definition) is 4. The van der Waals surface area contributed by atoms with Crippen LogP contribution in [0.3, 0.4) is 0 Å². The Labute approximate surface area is 135 Å². The van der Waals surface area contributed by atoms with Crippen molar-refractivity contribution in [1.29, 1.82) is 0 Å². The summed E-state index contributed by atoms with van der Waals surface area (Å²) in [7, 11) is -3.70. The van der Waals surface area contributed by atoms with Gasteiger partial charge in [0.05, 0.1) is 4.90 Å². The first-order chi connectivity index (χ1) is 10.2. The van der Waals surface area contributed by atoms with Gasteiger partial charge < -0.3 is 10.6 Å². The summed E-state index contributed by atoms with van der Waals surface area (Å²) in [6.45, 7) is 3.94. The average molecular weight is 347 g/mol. The Morgan fingerprint density at radius 3 is 2.18 bits per heavy atom. The number of rotatable bonds is 7. The molecule has 0 aromatic heterocycles. The maximum atomic E-state index is 12.0. The Hall–Kier alpha value is -1.60. The van der Waals surface area contributed by atoms with E-state index in [-0.39, 0.29) is 29.8 Å². The molecule has 1 aromatic rings. The summed E-state index contributed by atoms with van der Waals surface area (Å²) in [5.41, 5.74) is 0. The molecule has 0 aliphatic carbocycles. The molecule has 0 radical (unpaired) electrons. The van der Waals surface area contributed by atoms with E-state index in [1.807, 2.05) is 0 Å². The molecule has 0 bridgehead atoms. The molecule has 0 aliphatic rings. The van der Waals surface area contributed by atoms with Crippen LogP contribution in [0.2, 0.25) is 5.02 Å². The summed E-state index contributed by atoms with van der Waals surface area (Å²) in [5.74, 6) is -1.52. The van der Waals surface area contributed by atoms with Crippen molar-refractivity contribution in [2.24, 2.45) is 5.92 Å². The highest BCUT2D eigenvalue weighted by molar-refractivity contribution is 7.92. The van der Waals surface area contributed by atoms with E-state index >= 15 is 0 Å². The van der Waals surface area contributed by atoms with Gasteiger partial charge in [-0.2, -0.15) is 0 Å². The first-order valence-corrected chi connectivity index (χ1v) is 8.78. The lowest BCUT2D eigenvalue weighted by molar-refractivity contribution is -0.124. The van der Waals surface area contributed by atoms with Gasteiger partial charge in [0.1, 0.15) is 5.75 Å². The largest absolute Gasteiger partial charge is 0.354 e. The quantitative estimate of drug-likeness (QED) is 0.720. The summed E-state index contributed by atoms with van der Waals surface area (Å²) < 4.78 is 24.0. The minimum Gasteiger partial charge on any atom is -0.354 e. The van der Waals surface area contributed by atoms with Crippen LogP contribution in [-0.4, -0.2) is 39.1 Å². The van der Waals surface area contributed by atoms with Crippen molar-refractivity contribution in [3.63, 3.8) is 0 Å². The SMILES string of the molecule is CC(C)C(=O)NCCNC(=O)CS(=O)(=O)c1ccc(Cl)cc1. The monoisotopic (exact) mass is 346 g/mol. The normalized spacial score (nSPS) is 11.3. The lowest BCUT2D eigenvalue weighted by Gasteiger charge is -2.09. The van der Waals surface area contributed by atoms with Gasteiger partial charge in [-0.15, -0.1) is 0 Å². The lowest BCUT2D eigenvalue weighted by Crippen LogP contribution is -2.38. The first-order valence-electron chi connectivity index (χ1n) is 6.75. The molecule has 0 unspecified atom stereocenters. The molecule has 1 rings (SSSR count). The Morgan fingerprint density at radius 2 is 1.64 bits per heavy atom. The molecule has 0 saturated carbocycles. The van der Waals surface area contributed by atoms with Crippen molar-refractivity contribution < 1.29 is 18.0 Å². The van der Waals surface area contributed by atoms with Crippen LogP contribution in [0.4, 0.5) is 0 Å². The fourth-order valence-electron chi connectivity index (χ4n) is 1.54. The molecule has 0 heterocycles. The third kappa shape index (κ3) is 6.03. The molecule has 22 heavy (non-hydrogen) atoms. The van der Waals surface area contributed by atoms with Crippen LogP contribution in [0.5, 0.6) is 0 Å². The van der Waals surface area contributed by atoms with Gasteiger partial charge in [-0.25, -0.2) is 8.42 Å². The van der Waals surface area contributed by atoms with Gasteiger partial charge in [0.2, 0.25) is 11.8 Å². The van der Waals surface area contributed by atoms with Crippen molar-refractivity contribution in [2.75, 3.05) is 18.8 Å². The second-order valence-electron chi connectivity index (χ2n) is 5.01. The van der Waals surface area contributed by atoms with Crippen LogP contribution in [0.25, 0.3) is 0 Å². The number of hydrogen-bond donors (Lipinski definition) is 2. The van der Waals surface area contributed by atoms with Crippen molar-refractivity contribution >= 4 is 33.3 Å². The third-order valence-electron chi connectivity index (χ3n) is 2.76. The molecule has 1 aromatic carbocycles. The predicted molar refractivity (Wildman–Crippen MR) is 84.4 cm³/mol. The van der Waals surface area contributed by atoms with Gasteiger partial charge in [0.15, 0.2) is 9.84 Å². The molecular weight excluding hydrogens is 328 g/mol. The van der Waals surface area contributed by atoms with E-state index in [1.165, 1.54) is 24.3 Å². The maximum Gasteiger partial charge on any atom is 0.235 e. The zero-order valence-corrected chi connectivity index (χ0v) is 14.0. The highest BCUT2D eigenvalue weighted by Crippen LogP contribution is 2.15. The third-order valence-corrected chi connectivity index (χ3v) is 4.65. The van der Waals surface area contributed by atoms with Crippen LogP contribution in [0, 0.1) is 5.92 Å². The van der Waals surface area contributed by atoms with E-state index in [0.29, 0.717) is 5.02 Å². The topological polar surface area (TPSA) is 92.3 Å². The van der Waals surface area contributed by atoms with E-state index in [4.69, 9.17) is 11.6 Å². The Kier molecular flexibility index (Phi) is 6.83. The van der Waals surface area contributed by atoms with Crippen molar-refractivity contribution in [3.05, 3.63) is 29.3 Å². The molecule has 0 spiro atoms. The number of amides is 2. The van der Waals surface area contributed by atoms with Crippen LogP contribution < -0.4 is 10.6 Å². The molecule has 2 amide bonds. The molecule has 8 heteroatoms. The van der Waals surface area contributed by atoms with E-state index in [2.05, 4.69) is 10.6 Å². The van der Waals surface area contributed by atoms with E-state index in [0.717, 1.165) is 0 Å². The number of benzene rings is 1. The van der Waals surface area contributed by atoms with Crippen molar-refractivity contribution in [2.45, 2.75) is 18.7 Å². The standard InChI is InChI=1S/C14H19ClN2O4S/c1-10(2)14(19)17-8-7-16-13(18)9-22(20,21)12-5-3-11(15)4-6-12/h3-6,10H,7-9H2,1-2H3,(H,16,18)(H,17,19). The minimum atomic E-state index is -3.70. The van der Waals surface area contributed by atoms with Crippen LogP contribution in [-0.2, 0) is 19.4 Å². The summed E-state index contributed by atoms with van der Waals surface area (Å²) in [4.78, 5) is 23.0. The summed E-state index contributed by atoms with van der Waals surface area (Å²) >= 11 is 5.69. The second kappa shape index (κ2) is 8.14. The van der Waals surface area contributed by atoms with Crippen molar-refractivity contribution in [3.8, 4) is 0 Å². The fourth-order valence-corrected chi connectivity index (χ4v) is 2.83. The molecule has 0 atom stereocenters.